The Morgan fingerprint density at radius 3 is 1.64 bits per heavy atom. The topological polar surface area (TPSA) is 134 Å². The SMILES string of the molecule is COc1ccc(N=NC(=Nc2ccc(C(=O)N/N=C(\N=Nc3ccc(OC)cc3)c3ccccc3OC)cc2)c2ccc(N(C)C)cc2)cc1. The van der Waals surface area contributed by atoms with Crippen molar-refractivity contribution < 1.29 is 19.0 Å². The van der Waals surface area contributed by atoms with Crippen molar-refractivity contribution in [3.63, 3.8) is 0 Å². The first-order chi connectivity index (χ1) is 24.4. The minimum absolute atomic E-state index is 0.153. The Kier molecular flexibility index (Phi) is 11.7. The summed E-state index contributed by atoms with van der Waals surface area (Å²) in [6, 6.07) is 36.1. The Balaban J connectivity index is 1.39. The first-order valence-electron chi connectivity index (χ1n) is 15.5. The van der Waals surface area contributed by atoms with Crippen LogP contribution in [0.5, 0.6) is 17.2 Å². The molecule has 0 aliphatic carbocycles. The summed E-state index contributed by atoms with van der Waals surface area (Å²) in [5, 5.41) is 21.8. The lowest BCUT2D eigenvalue weighted by Gasteiger charge is -2.12. The lowest BCUT2D eigenvalue weighted by Crippen LogP contribution is -2.19. The summed E-state index contributed by atoms with van der Waals surface area (Å²) in [7, 11) is 8.69. The molecular weight excluding hydrogens is 632 g/mol. The van der Waals surface area contributed by atoms with Crippen molar-refractivity contribution in [2.24, 2.45) is 30.6 Å². The first kappa shape index (κ1) is 34.6. The van der Waals surface area contributed by atoms with E-state index in [0.29, 0.717) is 45.5 Å². The predicted molar refractivity (Wildman–Crippen MR) is 195 cm³/mol. The number of ether oxygens (including phenoxy) is 3. The van der Waals surface area contributed by atoms with Gasteiger partial charge in [-0.05, 0) is 109 Å². The molecule has 1 amide bonds. The van der Waals surface area contributed by atoms with Gasteiger partial charge in [0.1, 0.15) is 17.2 Å². The minimum atomic E-state index is -0.453. The van der Waals surface area contributed by atoms with Gasteiger partial charge in [0.15, 0.2) is 5.84 Å². The Hall–Kier alpha value is -6.69. The van der Waals surface area contributed by atoms with E-state index in [4.69, 9.17) is 19.2 Å². The lowest BCUT2D eigenvalue weighted by molar-refractivity contribution is 0.0955. The van der Waals surface area contributed by atoms with Gasteiger partial charge in [0.05, 0.1) is 44.0 Å². The van der Waals surface area contributed by atoms with Gasteiger partial charge >= 0.3 is 0 Å². The summed E-state index contributed by atoms with van der Waals surface area (Å²) in [6.45, 7) is 0. The standard InChI is InChI=1S/C38H36N8O4/c1-46(2)31-20-12-26(13-21-31)36(42-40-29-16-22-32(48-3)23-17-29)39-28-14-10-27(11-15-28)38(47)45-44-37(34-8-6-7-9-35(34)50-5)43-41-30-18-24-33(49-4)25-19-30/h6-25H,1-5H3,(H,45,47)/b39-36?,42-40?,43-41?,44-37-. The van der Waals surface area contributed by atoms with Gasteiger partial charge < -0.3 is 19.1 Å². The van der Waals surface area contributed by atoms with Crippen molar-refractivity contribution >= 4 is 40.3 Å². The summed E-state index contributed by atoms with van der Waals surface area (Å²) >= 11 is 0. The molecule has 0 fully saturated rings. The highest BCUT2D eigenvalue weighted by atomic mass is 16.5. The van der Waals surface area contributed by atoms with E-state index >= 15 is 0 Å². The van der Waals surface area contributed by atoms with E-state index in [1.807, 2.05) is 79.7 Å². The van der Waals surface area contributed by atoms with E-state index in [-0.39, 0.29) is 5.84 Å². The van der Waals surface area contributed by atoms with Gasteiger partial charge in [-0.25, -0.2) is 10.4 Å². The average molecular weight is 669 g/mol. The van der Waals surface area contributed by atoms with Crippen molar-refractivity contribution in [2.45, 2.75) is 0 Å². The second-order valence-corrected chi connectivity index (χ2v) is 10.8. The van der Waals surface area contributed by atoms with Gasteiger partial charge in [-0.3, -0.25) is 4.79 Å². The molecule has 0 saturated carbocycles. The van der Waals surface area contributed by atoms with E-state index in [2.05, 4.69) is 31.0 Å². The van der Waals surface area contributed by atoms with Crippen molar-refractivity contribution in [3.05, 3.63) is 138 Å². The monoisotopic (exact) mass is 668 g/mol. The zero-order valence-electron chi connectivity index (χ0n) is 28.3. The molecule has 5 aromatic rings. The third kappa shape index (κ3) is 9.22. The van der Waals surface area contributed by atoms with Crippen molar-refractivity contribution in [3.8, 4) is 17.2 Å². The number of nitrogens with one attached hydrogen (secondary N) is 1. The highest BCUT2D eigenvalue weighted by Gasteiger charge is 2.12. The van der Waals surface area contributed by atoms with E-state index in [9.17, 15) is 4.79 Å². The summed E-state index contributed by atoms with van der Waals surface area (Å²) in [4.78, 5) is 20.0. The van der Waals surface area contributed by atoms with Gasteiger partial charge in [0, 0.05) is 30.9 Å². The molecule has 0 spiro atoms. The Labute approximate surface area is 290 Å². The maximum absolute atomic E-state index is 13.2. The molecular formula is C38H36N8O4. The van der Waals surface area contributed by atoms with Crippen LogP contribution in [0.2, 0.25) is 0 Å². The number of para-hydroxylation sites is 1. The number of hydrazone groups is 1. The van der Waals surface area contributed by atoms with Crippen LogP contribution in [0, 0.1) is 0 Å². The van der Waals surface area contributed by atoms with Crippen molar-refractivity contribution in [2.75, 3.05) is 40.3 Å². The molecule has 0 aromatic heterocycles. The minimum Gasteiger partial charge on any atom is -0.497 e. The van der Waals surface area contributed by atoms with Gasteiger partial charge in [0.2, 0.25) is 5.84 Å². The Morgan fingerprint density at radius 1 is 0.580 bits per heavy atom. The molecule has 50 heavy (non-hydrogen) atoms. The van der Waals surface area contributed by atoms with E-state index < -0.39 is 5.91 Å². The van der Waals surface area contributed by atoms with Crippen molar-refractivity contribution in [1.29, 1.82) is 0 Å². The normalized spacial score (nSPS) is 11.9. The Bertz CT molecular complexity index is 2000. The van der Waals surface area contributed by atoms with Gasteiger partial charge in [-0.2, -0.15) is 0 Å². The van der Waals surface area contributed by atoms with Crippen LogP contribution in [0.25, 0.3) is 0 Å². The maximum atomic E-state index is 13.2. The number of carbonyl (C=O) groups is 1. The largest absolute Gasteiger partial charge is 0.497 e. The number of carbonyl (C=O) groups excluding carboxylic acids is 1. The fourth-order valence-electron chi connectivity index (χ4n) is 4.50. The molecule has 0 radical (unpaired) electrons. The number of benzene rings is 5. The van der Waals surface area contributed by atoms with E-state index in [1.54, 1.807) is 82.0 Å². The number of amides is 1. The van der Waals surface area contributed by atoms with Gasteiger partial charge in [-0.1, -0.05) is 12.1 Å². The van der Waals surface area contributed by atoms with Crippen LogP contribution in [0.4, 0.5) is 22.7 Å². The quantitative estimate of drug-likeness (QED) is 0.0652. The predicted octanol–water partition coefficient (Wildman–Crippen LogP) is 8.52. The molecule has 1 N–H and O–H groups in total. The summed E-state index contributed by atoms with van der Waals surface area (Å²) in [5.74, 6) is 2.04. The smallest absolute Gasteiger partial charge is 0.271 e. The molecule has 0 atom stereocenters. The van der Waals surface area contributed by atoms with Crippen LogP contribution in [0.1, 0.15) is 21.5 Å². The number of hydrogen-bond donors (Lipinski definition) is 1. The fourth-order valence-corrected chi connectivity index (χ4v) is 4.50. The van der Waals surface area contributed by atoms with Crippen molar-refractivity contribution in [1.82, 2.24) is 5.43 Å². The molecule has 12 heteroatoms. The zero-order valence-corrected chi connectivity index (χ0v) is 28.3. The highest BCUT2D eigenvalue weighted by Crippen LogP contribution is 2.24. The lowest BCUT2D eigenvalue weighted by atomic mass is 10.1. The molecule has 252 valence electrons. The molecule has 12 nitrogen and oxygen atoms in total. The summed E-state index contributed by atoms with van der Waals surface area (Å²) in [6.07, 6.45) is 0. The summed E-state index contributed by atoms with van der Waals surface area (Å²) in [5.41, 5.74) is 7.10. The second kappa shape index (κ2) is 16.9. The molecule has 0 aliphatic heterocycles. The third-order valence-electron chi connectivity index (χ3n) is 7.28. The molecule has 5 aromatic carbocycles. The van der Waals surface area contributed by atoms with Crippen LogP contribution in [-0.4, -0.2) is 53.0 Å². The fraction of sp³-hybridized carbons (Fsp3) is 0.132. The molecule has 0 aliphatic rings. The first-order valence-corrected chi connectivity index (χ1v) is 15.5. The second-order valence-electron chi connectivity index (χ2n) is 10.8. The number of nitrogens with zero attached hydrogens (tertiary/aromatic N) is 7. The third-order valence-corrected chi connectivity index (χ3v) is 7.28. The number of hydrogen-bond acceptors (Lipinski definition) is 9. The zero-order chi connectivity index (χ0) is 35.3. The van der Waals surface area contributed by atoms with Crippen LogP contribution in [0.15, 0.2) is 152 Å². The molecule has 0 bridgehead atoms. The van der Waals surface area contributed by atoms with Crippen LogP contribution >= 0.6 is 0 Å². The molecule has 0 heterocycles. The maximum Gasteiger partial charge on any atom is 0.271 e. The molecule has 0 saturated heterocycles. The number of rotatable bonds is 11. The molecule has 5 rings (SSSR count). The number of azo groups is 2. The number of anilines is 1. The summed E-state index contributed by atoms with van der Waals surface area (Å²) < 4.78 is 15.9. The number of methoxy groups -OCH3 is 3. The average Bonchev–Trinajstić information content (AvgIpc) is 3.17. The van der Waals surface area contributed by atoms with Gasteiger partial charge in [-0.15, -0.1) is 25.6 Å². The number of amidine groups is 2. The van der Waals surface area contributed by atoms with Crippen LogP contribution in [0.3, 0.4) is 0 Å². The van der Waals surface area contributed by atoms with Crippen LogP contribution < -0.4 is 24.5 Å². The highest BCUT2D eigenvalue weighted by molar-refractivity contribution is 6.03. The van der Waals surface area contributed by atoms with E-state index in [0.717, 1.165) is 17.0 Å². The molecule has 0 unspecified atom stereocenters. The van der Waals surface area contributed by atoms with Crippen LogP contribution in [-0.2, 0) is 0 Å². The van der Waals surface area contributed by atoms with E-state index in [1.165, 1.54) is 0 Å². The Morgan fingerprint density at radius 2 is 1.10 bits per heavy atom. The van der Waals surface area contributed by atoms with Gasteiger partial charge in [0.25, 0.3) is 5.91 Å². The number of aliphatic imine (C=N–C) groups is 1.